The maximum Gasteiger partial charge on any atom is 0.294 e. The van der Waals surface area contributed by atoms with Gasteiger partial charge in [-0.1, -0.05) is 42.8 Å². The largest absolute Gasteiger partial charge is 0.449 e. The van der Waals surface area contributed by atoms with E-state index in [0.29, 0.717) is 28.4 Å². The summed E-state index contributed by atoms with van der Waals surface area (Å²) in [5.74, 6) is -0.292. The number of aryl methyl sites for hydroxylation is 1. The maximum absolute atomic E-state index is 13.2. The van der Waals surface area contributed by atoms with E-state index >= 15 is 0 Å². The fraction of sp³-hybridized carbons (Fsp3) is 0.250. The predicted molar refractivity (Wildman–Crippen MR) is 107 cm³/mol. The van der Waals surface area contributed by atoms with Crippen LogP contribution in [-0.4, -0.2) is 26.6 Å². The SMILES string of the molecule is CCN(C(=O)c1oc2c(Cl)cccc2c1C)c1ccccc1S(=O)(=O)CC. The number of sulfone groups is 1. The van der Waals surface area contributed by atoms with Crippen molar-refractivity contribution in [1.82, 2.24) is 0 Å². The molecule has 0 saturated heterocycles. The summed E-state index contributed by atoms with van der Waals surface area (Å²) in [6.07, 6.45) is 0. The second-order valence-corrected chi connectivity index (χ2v) is 8.75. The molecule has 2 aromatic carbocycles. The minimum Gasteiger partial charge on any atom is -0.449 e. The van der Waals surface area contributed by atoms with Crippen LogP contribution in [0.3, 0.4) is 0 Å². The maximum atomic E-state index is 13.2. The molecule has 0 radical (unpaired) electrons. The summed E-state index contributed by atoms with van der Waals surface area (Å²) in [7, 11) is -3.49. The van der Waals surface area contributed by atoms with Crippen molar-refractivity contribution in [2.24, 2.45) is 0 Å². The number of carbonyl (C=O) groups excluding carboxylic acids is 1. The van der Waals surface area contributed by atoms with Gasteiger partial charge in [-0.05, 0) is 32.0 Å². The molecule has 0 spiro atoms. The van der Waals surface area contributed by atoms with Gasteiger partial charge in [0.1, 0.15) is 0 Å². The Morgan fingerprint density at radius 1 is 1.11 bits per heavy atom. The Kier molecular flexibility index (Phi) is 5.31. The Morgan fingerprint density at radius 2 is 1.81 bits per heavy atom. The first-order valence-corrected chi connectivity index (χ1v) is 10.7. The lowest BCUT2D eigenvalue weighted by Crippen LogP contribution is -2.32. The lowest BCUT2D eigenvalue weighted by atomic mass is 10.1. The van der Waals surface area contributed by atoms with E-state index in [0.717, 1.165) is 5.39 Å². The van der Waals surface area contributed by atoms with Gasteiger partial charge >= 0.3 is 0 Å². The number of furan rings is 1. The Hall–Kier alpha value is -2.31. The molecule has 0 bridgehead atoms. The molecular formula is C20H20ClNO4S. The van der Waals surface area contributed by atoms with Gasteiger partial charge < -0.3 is 9.32 Å². The minimum atomic E-state index is -3.49. The van der Waals surface area contributed by atoms with Crippen LogP contribution in [0.1, 0.15) is 30.0 Å². The van der Waals surface area contributed by atoms with Gasteiger partial charge in [-0.25, -0.2) is 8.42 Å². The molecule has 7 heteroatoms. The highest BCUT2D eigenvalue weighted by molar-refractivity contribution is 7.91. The van der Waals surface area contributed by atoms with Gasteiger partial charge in [0.15, 0.2) is 21.2 Å². The molecule has 0 aliphatic rings. The van der Waals surface area contributed by atoms with Crippen molar-refractivity contribution in [1.29, 1.82) is 0 Å². The molecule has 1 aromatic heterocycles. The highest BCUT2D eigenvalue weighted by Crippen LogP contribution is 2.33. The smallest absolute Gasteiger partial charge is 0.294 e. The normalized spacial score (nSPS) is 11.7. The summed E-state index contributed by atoms with van der Waals surface area (Å²) < 4.78 is 30.7. The minimum absolute atomic E-state index is 0.0466. The third-order valence-electron chi connectivity index (χ3n) is 4.54. The van der Waals surface area contributed by atoms with Crippen molar-refractivity contribution in [3.63, 3.8) is 0 Å². The van der Waals surface area contributed by atoms with Crippen LogP contribution >= 0.6 is 11.6 Å². The number of anilines is 1. The topological polar surface area (TPSA) is 67.6 Å². The third-order valence-corrected chi connectivity index (χ3v) is 6.62. The molecule has 142 valence electrons. The van der Waals surface area contributed by atoms with Gasteiger partial charge in [0.2, 0.25) is 0 Å². The molecule has 0 aliphatic carbocycles. The number of carbonyl (C=O) groups is 1. The van der Waals surface area contributed by atoms with E-state index in [1.807, 2.05) is 6.07 Å². The summed E-state index contributed by atoms with van der Waals surface area (Å²) in [5.41, 5.74) is 1.47. The van der Waals surface area contributed by atoms with Crippen molar-refractivity contribution in [2.75, 3.05) is 17.2 Å². The highest BCUT2D eigenvalue weighted by atomic mass is 35.5. The molecule has 3 rings (SSSR count). The van der Waals surface area contributed by atoms with Gasteiger partial charge in [0.25, 0.3) is 5.91 Å². The molecule has 3 aromatic rings. The van der Waals surface area contributed by atoms with E-state index in [1.54, 1.807) is 51.1 Å². The molecular weight excluding hydrogens is 386 g/mol. The first-order valence-electron chi connectivity index (χ1n) is 8.63. The van der Waals surface area contributed by atoms with E-state index in [9.17, 15) is 13.2 Å². The lowest BCUT2D eigenvalue weighted by Gasteiger charge is -2.23. The standard InChI is InChI=1S/C20H20ClNO4S/c1-4-22(16-11-6-7-12-17(16)27(24,25)5-2)20(23)18-13(3)14-9-8-10-15(21)19(14)26-18/h6-12H,4-5H2,1-3H3. The number of halogens is 1. The summed E-state index contributed by atoms with van der Waals surface area (Å²) in [6.45, 7) is 5.45. The van der Waals surface area contributed by atoms with Crippen LogP contribution in [0.15, 0.2) is 51.8 Å². The Balaban J connectivity index is 2.15. The van der Waals surface area contributed by atoms with Crippen LogP contribution in [0.4, 0.5) is 5.69 Å². The molecule has 0 fully saturated rings. The zero-order chi connectivity index (χ0) is 19.8. The van der Waals surface area contributed by atoms with E-state index in [2.05, 4.69) is 0 Å². The van der Waals surface area contributed by atoms with E-state index in [1.165, 1.54) is 11.0 Å². The molecule has 5 nitrogen and oxygen atoms in total. The van der Waals surface area contributed by atoms with Gasteiger partial charge in [0.05, 0.1) is 21.4 Å². The van der Waals surface area contributed by atoms with Gasteiger partial charge in [-0.2, -0.15) is 0 Å². The number of fused-ring (bicyclic) bond motifs is 1. The fourth-order valence-corrected chi connectivity index (χ4v) is 4.36. The number of nitrogens with zero attached hydrogens (tertiary/aromatic N) is 1. The fourth-order valence-electron chi connectivity index (χ4n) is 3.06. The van der Waals surface area contributed by atoms with Crippen molar-refractivity contribution < 1.29 is 17.6 Å². The Morgan fingerprint density at radius 3 is 2.44 bits per heavy atom. The molecule has 27 heavy (non-hydrogen) atoms. The van der Waals surface area contributed by atoms with E-state index in [4.69, 9.17) is 16.0 Å². The second-order valence-electron chi connectivity index (χ2n) is 6.09. The van der Waals surface area contributed by atoms with Crippen molar-refractivity contribution in [2.45, 2.75) is 25.7 Å². The molecule has 0 atom stereocenters. The predicted octanol–water partition coefficient (Wildman–Crippen LogP) is 4.85. The van der Waals surface area contributed by atoms with Crippen molar-refractivity contribution in [3.8, 4) is 0 Å². The van der Waals surface area contributed by atoms with E-state index in [-0.39, 0.29) is 16.4 Å². The average Bonchev–Trinajstić information content (AvgIpc) is 3.01. The summed E-state index contributed by atoms with van der Waals surface area (Å²) in [5, 5.41) is 1.18. The summed E-state index contributed by atoms with van der Waals surface area (Å²) in [4.78, 5) is 14.8. The quantitative estimate of drug-likeness (QED) is 0.608. The number of amides is 1. The van der Waals surface area contributed by atoms with Crippen LogP contribution in [0.5, 0.6) is 0 Å². The van der Waals surface area contributed by atoms with E-state index < -0.39 is 15.7 Å². The number of para-hydroxylation sites is 2. The molecule has 0 unspecified atom stereocenters. The number of rotatable bonds is 5. The van der Waals surface area contributed by atoms with Crippen LogP contribution in [0.25, 0.3) is 11.0 Å². The lowest BCUT2D eigenvalue weighted by molar-refractivity contribution is 0.0962. The van der Waals surface area contributed by atoms with Crippen molar-refractivity contribution in [3.05, 3.63) is 58.8 Å². The van der Waals surface area contributed by atoms with Crippen LogP contribution in [-0.2, 0) is 9.84 Å². The zero-order valence-corrected chi connectivity index (χ0v) is 16.9. The second kappa shape index (κ2) is 7.37. The molecule has 1 amide bonds. The summed E-state index contributed by atoms with van der Waals surface area (Å²) in [6, 6.07) is 11.8. The molecule has 0 saturated carbocycles. The average molecular weight is 406 g/mol. The Bertz CT molecular complexity index is 1120. The number of hydrogen-bond donors (Lipinski definition) is 0. The van der Waals surface area contributed by atoms with Gasteiger partial charge in [-0.15, -0.1) is 0 Å². The summed E-state index contributed by atoms with van der Waals surface area (Å²) >= 11 is 6.18. The van der Waals surface area contributed by atoms with Crippen molar-refractivity contribution >= 4 is 44.0 Å². The first kappa shape index (κ1) is 19.5. The zero-order valence-electron chi connectivity index (χ0n) is 15.3. The number of benzene rings is 2. The monoisotopic (exact) mass is 405 g/mol. The van der Waals surface area contributed by atoms with Gasteiger partial charge in [-0.3, -0.25) is 4.79 Å². The van der Waals surface area contributed by atoms with Gasteiger partial charge in [0, 0.05) is 17.5 Å². The number of hydrogen-bond acceptors (Lipinski definition) is 4. The highest BCUT2D eigenvalue weighted by Gasteiger charge is 2.28. The van der Waals surface area contributed by atoms with Crippen LogP contribution in [0, 0.1) is 6.92 Å². The molecule has 0 N–H and O–H groups in total. The third kappa shape index (κ3) is 3.35. The molecule has 1 heterocycles. The van der Waals surface area contributed by atoms with Crippen LogP contribution < -0.4 is 4.90 Å². The first-order chi connectivity index (χ1) is 12.8. The molecule has 0 aliphatic heterocycles. The Labute approximate surface area is 163 Å². The van der Waals surface area contributed by atoms with Crippen LogP contribution in [0.2, 0.25) is 5.02 Å².